The Morgan fingerprint density at radius 2 is 1.67 bits per heavy atom. The summed E-state index contributed by atoms with van der Waals surface area (Å²) in [6.07, 6.45) is 0. The van der Waals surface area contributed by atoms with Gasteiger partial charge in [-0.15, -0.1) is 0 Å². The first-order chi connectivity index (χ1) is 12.6. The van der Waals surface area contributed by atoms with Crippen molar-refractivity contribution in [3.05, 3.63) is 53.1 Å². The minimum absolute atomic E-state index is 0.282. The van der Waals surface area contributed by atoms with E-state index >= 15 is 0 Å². The van der Waals surface area contributed by atoms with Gasteiger partial charge in [0.25, 0.3) is 5.91 Å². The van der Waals surface area contributed by atoms with Crippen molar-refractivity contribution in [3.63, 3.8) is 0 Å². The molecule has 1 amide bonds. The molecule has 0 radical (unpaired) electrons. The number of para-hydroxylation sites is 2. The molecule has 0 heterocycles. The largest absolute Gasteiger partial charge is 0.486 e. The summed E-state index contributed by atoms with van der Waals surface area (Å²) in [7, 11) is 0. The highest BCUT2D eigenvalue weighted by Crippen LogP contribution is 2.29. The quantitative estimate of drug-likeness (QED) is 0.795. The van der Waals surface area contributed by atoms with Crippen LogP contribution in [-0.2, 0) is 4.79 Å². The third-order valence-electron chi connectivity index (χ3n) is 3.61. The highest BCUT2D eigenvalue weighted by atomic mass is 16.5. The molecule has 0 spiro atoms. The van der Waals surface area contributed by atoms with Crippen molar-refractivity contribution >= 4 is 17.6 Å². The first-order valence-electron chi connectivity index (χ1n) is 8.62. The van der Waals surface area contributed by atoms with Gasteiger partial charge in [0.15, 0.2) is 6.61 Å². The molecule has 2 rings (SSSR count). The number of anilines is 1. The topological polar surface area (TPSA) is 84.9 Å². The van der Waals surface area contributed by atoms with Gasteiger partial charge in [0.2, 0.25) is 0 Å². The van der Waals surface area contributed by atoms with Crippen molar-refractivity contribution in [3.8, 4) is 11.5 Å². The maximum atomic E-state index is 12.7. The van der Waals surface area contributed by atoms with Gasteiger partial charge in [-0.2, -0.15) is 0 Å². The predicted molar refractivity (Wildman–Crippen MR) is 104 cm³/mol. The third kappa shape index (κ3) is 5.74. The molecule has 2 aromatic carbocycles. The predicted octanol–water partition coefficient (Wildman–Crippen LogP) is 4.20. The molecule has 0 saturated carbocycles. The number of rotatable bonds is 6. The number of amides is 1. The lowest BCUT2D eigenvalue weighted by Gasteiger charge is -2.23. The third-order valence-corrected chi connectivity index (χ3v) is 3.61. The molecular formula is C21H25NO5. The van der Waals surface area contributed by atoms with Gasteiger partial charge in [-0.3, -0.25) is 4.79 Å². The second kappa shape index (κ2) is 8.12. The summed E-state index contributed by atoms with van der Waals surface area (Å²) in [5.74, 6) is -0.263. The molecule has 27 heavy (non-hydrogen) atoms. The summed E-state index contributed by atoms with van der Waals surface area (Å²) in [6, 6.07) is 10.6. The first-order valence-corrected chi connectivity index (χ1v) is 8.62. The summed E-state index contributed by atoms with van der Waals surface area (Å²) >= 11 is 0. The first kappa shape index (κ1) is 20.3. The van der Waals surface area contributed by atoms with Crippen LogP contribution in [0.2, 0.25) is 0 Å². The number of ether oxygens (including phenoxy) is 2. The molecule has 0 aromatic heterocycles. The van der Waals surface area contributed by atoms with Crippen molar-refractivity contribution in [2.45, 2.75) is 40.2 Å². The van der Waals surface area contributed by atoms with Crippen molar-refractivity contribution in [2.75, 3.05) is 11.9 Å². The summed E-state index contributed by atoms with van der Waals surface area (Å²) in [4.78, 5) is 23.4. The van der Waals surface area contributed by atoms with Gasteiger partial charge in [-0.25, -0.2) is 4.79 Å². The molecule has 144 valence electrons. The lowest BCUT2D eigenvalue weighted by atomic mass is 10.0. The monoisotopic (exact) mass is 371 g/mol. The number of carboxylic acids is 1. The standard InChI is InChI=1S/C21H25NO5/c1-13-10-15(11-14(2)19(13)26-12-18(23)24)20(25)22-16-8-6-7-9-17(16)27-21(3,4)5/h6-11H,12H2,1-5H3,(H,22,25)(H,23,24). The molecule has 0 saturated heterocycles. The number of hydrogen-bond acceptors (Lipinski definition) is 4. The zero-order valence-electron chi connectivity index (χ0n) is 16.3. The minimum Gasteiger partial charge on any atom is -0.486 e. The Labute approximate surface area is 159 Å². The van der Waals surface area contributed by atoms with Crippen LogP contribution in [0.15, 0.2) is 36.4 Å². The Hall–Kier alpha value is -3.02. The fraction of sp³-hybridized carbons (Fsp3) is 0.333. The molecule has 0 fully saturated rings. The molecule has 2 aromatic rings. The molecule has 2 N–H and O–H groups in total. The summed E-state index contributed by atoms with van der Waals surface area (Å²) in [5, 5.41) is 11.6. The van der Waals surface area contributed by atoms with Crippen LogP contribution in [0.3, 0.4) is 0 Å². The smallest absolute Gasteiger partial charge is 0.341 e. The lowest BCUT2D eigenvalue weighted by molar-refractivity contribution is -0.139. The Kier molecular flexibility index (Phi) is 6.10. The summed E-state index contributed by atoms with van der Waals surface area (Å²) < 4.78 is 11.2. The van der Waals surface area contributed by atoms with Crippen LogP contribution in [-0.4, -0.2) is 29.2 Å². The highest BCUT2D eigenvalue weighted by molar-refractivity contribution is 6.05. The Bertz CT molecular complexity index is 829. The van der Waals surface area contributed by atoms with Gasteiger partial charge < -0.3 is 19.9 Å². The van der Waals surface area contributed by atoms with E-state index in [0.717, 1.165) is 0 Å². The molecule has 0 bridgehead atoms. The van der Waals surface area contributed by atoms with Crippen LogP contribution in [0.4, 0.5) is 5.69 Å². The number of carbonyl (C=O) groups excluding carboxylic acids is 1. The molecule has 0 unspecified atom stereocenters. The number of carboxylic acid groups (broad SMARTS) is 1. The Morgan fingerprint density at radius 3 is 2.22 bits per heavy atom. The van der Waals surface area contributed by atoms with Crippen molar-refractivity contribution in [2.24, 2.45) is 0 Å². The maximum Gasteiger partial charge on any atom is 0.341 e. The van der Waals surface area contributed by atoms with Crippen LogP contribution in [0.25, 0.3) is 0 Å². The SMILES string of the molecule is Cc1cc(C(=O)Nc2ccccc2OC(C)(C)C)cc(C)c1OCC(=O)O. The molecule has 0 aliphatic rings. The van der Waals surface area contributed by atoms with Crippen LogP contribution in [0.1, 0.15) is 42.3 Å². The van der Waals surface area contributed by atoms with E-state index in [9.17, 15) is 9.59 Å². The van der Waals surface area contributed by atoms with Crippen LogP contribution < -0.4 is 14.8 Å². The maximum absolute atomic E-state index is 12.7. The van der Waals surface area contributed by atoms with E-state index in [1.54, 1.807) is 38.1 Å². The zero-order chi connectivity index (χ0) is 20.2. The van der Waals surface area contributed by atoms with E-state index in [2.05, 4.69) is 5.32 Å². The molecule has 0 aliphatic heterocycles. The van der Waals surface area contributed by atoms with E-state index in [0.29, 0.717) is 33.9 Å². The van der Waals surface area contributed by atoms with Gasteiger partial charge in [0, 0.05) is 5.56 Å². The number of hydrogen-bond donors (Lipinski definition) is 2. The van der Waals surface area contributed by atoms with E-state index < -0.39 is 18.2 Å². The van der Waals surface area contributed by atoms with Gasteiger partial charge >= 0.3 is 5.97 Å². The number of aryl methyl sites for hydroxylation is 2. The van der Waals surface area contributed by atoms with E-state index in [1.165, 1.54) is 0 Å². The second-order valence-electron chi connectivity index (χ2n) is 7.29. The fourth-order valence-electron chi connectivity index (χ4n) is 2.63. The second-order valence-corrected chi connectivity index (χ2v) is 7.29. The molecule has 0 aliphatic carbocycles. The van der Waals surface area contributed by atoms with Crippen LogP contribution in [0.5, 0.6) is 11.5 Å². The summed E-state index contributed by atoms with van der Waals surface area (Å²) in [5.41, 5.74) is 2.04. The normalized spacial score (nSPS) is 11.0. The number of aliphatic carboxylic acids is 1. The van der Waals surface area contributed by atoms with Crippen molar-refractivity contribution in [1.29, 1.82) is 0 Å². The number of nitrogens with one attached hydrogen (secondary N) is 1. The Balaban J connectivity index is 2.23. The summed E-state index contributed by atoms with van der Waals surface area (Å²) in [6.45, 7) is 8.94. The average molecular weight is 371 g/mol. The molecule has 6 nitrogen and oxygen atoms in total. The minimum atomic E-state index is -1.05. The van der Waals surface area contributed by atoms with Crippen LogP contribution >= 0.6 is 0 Å². The average Bonchev–Trinajstić information content (AvgIpc) is 2.54. The van der Waals surface area contributed by atoms with Crippen LogP contribution in [0, 0.1) is 13.8 Å². The number of carbonyl (C=O) groups is 2. The van der Waals surface area contributed by atoms with E-state index in [4.69, 9.17) is 14.6 Å². The Morgan fingerprint density at radius 1 is 1.07 bits per heavy atom. The highest BCUT2D eigenvalue weighted by Gasteiger charge is 2.17. The zero-order valence-corrected chi connectivity index (χ0v) is 16.3. The van der Waals surface area contributed by atoms with E-state index in [-0.39, 0.29) is 5.91 Å². The fourth-order valence-corrected chi connectivity index (χ4v) is 2.63. The van der Waals surface area contributed by atoms with Gasteiger partial charge in [0.1, 0.15) is 17.1 Å². The molecular weight excluding hydrogens is 346 g/mol. The number of benzene rings is 2. The van der Waals surface area contributed by atoms with Gasteiger partial charge in [0.05, 0.1) is 5.69 Å². The van der Waals surface area contributed by atoms with Crippen molar-refractivity contribution < 1.29 is 24.2 Å². The molecule has 0 atom stereocenters. The van der Waals surface area contributed by atoms with Gasteiger partial charge in [-0.1, -0.05) is 12.1 Å². The van der Waals surface area contributed by atoms with E-state index in [1.807, 2.05) is 32.9 Å². The lowest BCUT2D eigenvalue weighted by Crippen LogP contribution is -2.24. The molecule has 6 heteroatoms. The van der Waals surface area contributed by atoms with Crippen molar-refractivity contribution in [1.82, 2.24) is 0 Å². The van der Waals surface area contributed by atoms with Gasteiger partial charge in [-0.05, 0) is 70.0 Å².